The lowest BCUT2D eigenvalue weighted by atomic mass is 10.0. The summed E-state index contributed by atoms with van der Waals surface area (Å²) in [6.45, 7) is 6.55. The van der Waals surface area contributed by atoms with E-state index in [4.69, 9.17) is 14.2 Å². The van der Waals surface area contributed by atoms with Crippen LogP contribution in [-0.2, 0) is 28.6 Å². The molecular formula is C47H86O6. The normalized spacial score (nSPS) is 11.6. The van der Waals surface area contributed by atoms with E-state index < -0.39 is 6.10 Å². The van der Waals surface area contributed by atoms with E-state index in [0.29, 0.717) is 19.3 Å². The van der Waals surface area contributed by atoms with E-state index in [-0.39, 0.29) is 31.1 Å². The minimum atomic E-state index is -0.770. The molecule has 0 aliphatic heterocycles. The Hall–Kier alpha value is -2.11. The lowest BCUT2D eigenvalue weighted by molar-refractivity contribution is -0.167. The van der Waals surface area contributed by atoms with Gasteiger partial charge >= 0.3 is 17.9 Å². The van der Waals surface area contributed by atoms with Gasteiger partial charge in [0, 0.05) is 19.3 Å². The predicted molar refractivity (Wildman–Crippen MR) is 224 cm³/mol. The predicted octanol–water partition coefficient (Wildman–Crippen LogP) is 14.4. The summed E-state index contributed by atoms with van der Waals surface area (Å²) < 4.78 is 16.7. The Balaban J connectivity index is 4.37. The summed E-state index contributed by atoms with van der Waals surface area (Å²) in [4.78, 5) is 37.7. The molecule has 0 bridgehead atoms. The summed E-state index contributed by atoms with van der Waals surface area (Å²) in [6.07, 6.45) is 45.8. The van der Waals surface area contributed by atoms with Crippen molar-refractivity contribution in [3.63, 3.8) is 0 Å². The average Bonchev–Trinajstić information content (AvgIpc) is 3.15. The maximum absolute atomic E-state index is 12.7. The Labute approximate surface area is 328 Å². The first-order chi connectivity index (χ1) is 26.0. The van der Waals surface area contributed by atoms with Crippen molar-refractivity contribution in [3.05, 3.63) is 24.3 Å². The first-order valence-electron chi connectivity index (χ1n) is 22.8. The van der Waals surface area contributed by atoms with Gasteiger partial charge in [0.25, 0.3) is 0 Å². The molecule has 0 rings (SSSR count). The number of allylic oxidation sites excluding steroid dienone is 4. The topological polar surface area (TPSA) is 78.9 Å². The van der Waals surface area contributed by atoms with Crippen molar-refractivity contribution in [2.75, 3.05) is 13.2 Å². The molecule has 0 radical (unpaired) electrons. The SMILES string of the molecule is CCCC/C=C\CCCCCCCC(=O)OCC(COC(=O)CCCCCCC/C=C\CCCC)OC(=O)CCCCCCCCCCCCCCC. The zero-order valence-corrected chi connectivity index (χ0v) is 35.3. The number of unbranched alkanes of at least 4 members (excludes halogenated alkanes) is 26. The molecule has 0 spiro atoms. The average molecular weight is 747 g/mol. The monoisotopic (exact) mass is 747 g/mol. The summed E-state index contributed by atoms with van der Waals surface area (Å²) in [6, 6.07) is 0. The molecule has 53 heavy (non-hydrogen) atoms. The molecule has 0 amide bonds. The van der Waals surface area contributed by atoms with Gasteiger partial charge in [0.15, 0.2) is 6.10 Å². The Morgan fingerprint density at radius 3 is 1.00 bits per heavy atom. The molecule has 0 saturated carbocycles. The lowest BCUT2D eigenvalue weighted by Crippen LogP contribution is -2.30. The Morgan fingerprint density at radius 2 is 0.642 bits per heavy atom. The van der Waals surface area contributed by atoms with Crippen molar-refractivity contribution in [2.45, 2.75) is 245 Å². The highest BCUT2D eigenvalue weighted by molar-refractivity contribution is 5.71. The van der Waals surface area contributed by atoms with E-state index in [1.807, 2.05) is 0 Å². The molecule has 0 aliphatic rings. The number of carbonyl (C=O) groups is 3. The Bertz CT molecular complexity index is 817. The van der Waals surface area contributed by atoms with E-state index >= 15 is 0 Å². The molecule has 0 saturated heterocycles. The molecular weight excluding hydrogens is 661 g/mol. The third-order valence-electron chi connectivity index (χ3n) is 9.93. The molecule has 0 unspecified atom stereocenters. The zero-order chi connectivity index (χ0) is 38.7. The van der Waals surface area contributed by atoms with Gasteiger partial charge in [-0.25, -0.2) is 0 Å². The lowest BCUT2D eigenvalue weighted by Gasteiger charge is -2.18. The molecule has 0 heterocycles. The summed E-state index contributed by atoms with van der Waals surface area (Å²) in [5.74, 6) is -0.890. The van der Waals surface area contributed by atoms with E-state index in [1.54, 1.807) is 0 Å². The number of rotatable bonds is 41. The van der Waals surface area contributed by atoms with Crippen LogP contribution >= 0.6 is 0 Å². The van der Waals surface area contributed by atoms with Gasteiger partial charge in [-0.3, -0.25) is 14.4 Å². The van der Waals surface area contributed by atoms with Gasteiger partial charge in [-0.05, 0) is 57.8 Å². The van der Waals surface area contributed by atoms with Crippen molar-refractivity contribution < 1.29 is 28.6 Å². The van der Waals surface area contributed by atoms with Crippen molar-refractivity contribution in [1.82, 2.24) is 0 Å². The number of esters is 3. The van der Waals surface area contributed by atoms with Crippen LogP contribution in [0.5, 0.6) is 0 Å². The second kappa shape index (κ2) is 42.6. The summed E-state index contributed by atoms with van der Waals surface area (Å²) in [5.41, 5.74) is 0. The maximum Gasteiger partial charge on any atom is 0.306 e. The van der Waals surface area contributed by atoms with Crippen molar-refractivity contribution in [2.24, 2.45) is 0 Å². The standard InChI is InChI=1S/C47H86O6/c1-4-7-10-13-16-19-22-23-26-29-32-35-38-41-47(50)53-44(42-51-45(48)39-36-33-30-27-24-20-17-14-11-8-5-2)43-52-46(49)40-37-34-31-28-25-21-18-15-12-9-6-3/h14-15,17-18,44H,4-13,16,19-43H2,1-3H3/b17-14-,18-15-. The molecule has 0 N–H and O–H groups in total. The fraction of sp³-hybridized carbons (Fsp3) is 0.851. The summed E-state index contributed by atoms with van der Waals surface area (Å²) in [5, 5.41) is 0. The highest BCUT2D eigenvalue weighted by atomic mass is 16.6. The van der Waals surface area contributed by atoms with Crippen LogP contribution in [0, 0.1) is 0 Å². The van der Waals surface area contributed by atoms with Crippen LogP contribution in [0.4, 0.5) is 0 Å². The number of ether oxygens (including phenoxy) is 3. The summed E-state index contributed by atoms with van der Waals surface area (Å²) >= 11 is 0. The highest BCUT2D eigenvalue weighted by Gasteiger charge is 2.19. The first kappa shape index (κ1) is 50.9. The fourth-order valence-electron chi connectivity index (χ4n) is 6.40. The number of hydrogen-bond donors (Lipinski definition) is 0. The van der Waals surface area contributed by atoms with Gasteiger partial charge in [0.05, 0.1) is 0 Å². The third-order valence-corrected chi connectivity index (χ3v) is 9.93. The Morgan fingerprint density at radius 1 is 0.358 bits per heavy atom. The van der Waals surface area contributed by atoms with Crippen molar-refractivity contribution in [3.8, 4) is 0 Å². The van der Waals surface area contributed by atoms with Gasteiger partial charge < -0.3 is 14.2 Å². The fourth-order valence-corrected chi connectivity index (χ4v) is 6.40. The van der Waals surface area contributed by atoms with E-state index in [2.05, 4.69) is 45.1 Å². The zero-order valence-electron chi connectivity index (χ0n) is 35.3. The molecule has 0 aromatic rings. The summed E-state index contributed by atoms with van der Waals surface area (Å²) in [7, 11) is 0. The largest absolute Gasteiger partial charge is 0.462 e. The minimum Gasteiger partial charge on any atom is -0.462 e. The van der Waals surface area contributed by atoms with Crippen molar-refractivity contribution in [1.29, 1.82) is 0 Å². The quantitative estimate of drug-likeness (QED) is 0.0268. The molecule has 6 nitrogen and oxygen atoms in total. The Kier molecular flexibility index (Phi) is 40.9. The van der Waals surface area contributed by atoms with Crippen LogP contribution in [0.1, 0.15) is 239 Å². The van der Waals surface area contributed by atoms with Crippen LogP contribution in [0.15, 0.2) is 24.3 Å². The maximum atomic E-state index is 12.7. The molecule has 310 valence electrons. The minimum absolute atomic E-state index is 0.0757. The van der Waals surface area contributed by atoms with E-state index in [0.717, 1.165) is 70.6 Å². The first-order valence-corrected chi connectivity index (χ1v) is 22.8. The van der Waals surface area contributed by atoms with Gasteiger partial charge in [0.1, 0.15) is 13.2 Å². The molecule has 0 atom stereocenters. The highest BCUT2D eigenvalue weighted by Crippen LogP contribution is 2.15. The number of hydrogen-bond acceptors (Lipinski definition) is 6. The molecule has 6 heteroatoms. The molecule has 0 fully saturated rings. The van der Waals surface area contributed by atoms with Crippen LogP contribution in [0.25, 0.3) is 0 Å². The molecule has 0 aromatic carbocycles. The van der Waals surface area contributed by atoms with Gasteiger partial charge in [-0.15, -0.1) is 0 Å². The van der Waals surface area contributed by atoms with Crippen LogP contribution < -0.4 is 0 Å². The van der Waals surface area contributed by atoms with Gasteiger partial charge in [0.2, 0.25) is 0 Å². The van der Waals surface area contributed by atoms with Gasteiger partial charge in [-0.1, -0.05) is 186 Å². The van der Waals surface area contributed by atoms with Crippen LogP contribution in [0.3, 0.4) is 0 Å². The van der Waals surface area contributed by atoms with Crippen molar-refractivity contribution >= 4 is 17.9 Å². The van der Waals surface area contributed by atoms with Gasteiger partial charge in [-0.2, -0.15) is 0 Å². The van der Waals surface area contributed by atoms with E-state index in [9.17, 15) is 14.4 Å². The number of carbonyl (C=O) groups excluding carboxylic acids is 3. The second-order valence-electron chi connectivity index (χ2n) is 15.3. The second-order valence-corrected chi connectivity index (χ2v) is 15.3. The molecule has 0 aromatic heterocycles. The smallest absolute Gasteiger partial charge is 0.306 e. The third kappa shape index (κ3) is 40.9. The van der Waals surface area contributed by atoms with E-state index in [1.165, 1.54) is 128 Å². The van der Waals surface area contributed by atoms with Crippen LogP contribution in [-0.4, -0.2) is 37.2 Å². The van der Waals surface area contributed by atoms with Crippen LogP contribution in [0.2, 0.25) is 0 Å². The molecule has 0 aliphatic carbocycles.